The van der Waals surface area contributed by atoms with Crippen LogP contribution in [-0.4, -0.2) is 157 Å². The van der Waals surface area contributed by atoms with Gasteiger partial charge in [0, 0.05) is 5.92 Å². The van der Waals surface area contributed by atoms with E-state index >= 15 is 0 Å². The van der Waals surface area contributed by atoms with Crippen LogP contribution in [0.4, 0.5) is 0 Å². The van der Waals surface area contributed by atoms with Gasteiger partial charge in [-0.3, -0.25) is 4.55 Å². The largest absolute Gasteiger partial charge is 0.397 e. The van der Waals surface area contributed by atoms with Gasteiger partial charge in [-0.2, -0.15) is 8.42 Å². The highest BCUT2D eigenvalue weighted by Crippen LogP contribution is 2.70. The molecule has 17 nitrogen and oxygen atoms in total. The highest BCUT2D eigenvalue weighted by atomic mass is 32.3. The van der Waals surface area contributed by atoms with Gasteiger partial charge in [0.15, 0.2) is 12.6 Å². The maximum absolute atomic E-state index is 12.8. The van der Waals surface area contributed by atoms with Gasteiger partial charge in [-0.1, -0.05) is 46.8 Å². The fourth-order valence-electron chi connectivity index (χ4n) is 11.6. The minimum Gasteiger partial charge on any atom is -0.393 e. The minimum atomic E-state index is -4.99. The topological polar surface area (TPSA) is 283 Å². The van der Waals surface area contributed by atoms with Crippen LogP contribution in [0.25, 0.3) is 0 Å². The Morgan fingerprint density at radius 1 is 0.764 bits per heavy atom. The van der Waals surface area contributed by atoms with Gasteiger partial charge < -0.3 is 64.9 Å². The summed E-state index contributed by atoms with van der Waals surface area (Å²) < 4.78 is 59.3. The van der Waals surface area contributed by atoms with E-state index in [1.54, 1.807) is 6.08 Å². The van der Waals surface area contributed by atoms with Crippen molar-refractivity contribution in [3.63, 3.8) is 0 Å². The lowest BCUT2D eigenvalue weighted by atomic mass is 9.41. The van der Waals surface area contributed by atoms with Crippen LogP contribution >= 0.6 is 0 Å². The molecule has 2 saturated heterocycles. The van der Waals surface area contributed by atoms with Crippen LogP contribution in [0.2, 0.25) is 0 Å². The van der Waals surface area contributed by atoms with E-state index in [-0.39, 0.29) is 24.4 Å². The van der Waals surface area contributed by atoms with Crippen LogP contribution in [0, 0.1) is 46.3 Å². The van der Waals surface area contributed by atoms with E-state index in [9.17, 15) is 54.4 Å². The number of rotatable bonds is 10. The maximum Gasteiger partial charge on any atom is 0.397 e. The molecule has 10 N–H and O–H groups in total. The molecule has 0 amide bonds. The number of aliphatic hydroxyl groups excluding tert-OH is 8. The molecule has 2 heterocycles. The first-order valence-corrected chi connectivity index (χ1v) is 21.0. The highest BCUT2D eigenvalue weighted by Gasteiger charge is 2.74. The zero-order valence-corrected chi connectivity index (χ0v) is 32.8. The quantitative estimate of drug-likeness (QED) is 0.0719. The summed E-state index contributed by atoms with van der Waals surface area (Å²) in [6, 6.07) is 0. The molecule has 9 unspecified atom stereocenters. The predicted molar refractivity (Wildman–Crippen MR) is 190 cm³/mol. The second-order valence-corrected chi connectivity index (χ2v) is 19.1. The lowest BCUT2D eigenvalue weighted by Gasteiger charge is -2.67. The monoisotopic (exact) mass is 810 g/mol. The summed E-state index contributed by atoms with van der Waals surface area (Å²) in [5.74, 6) is -2.19. The Morgan fingerprint density at radius 3 is 2.05 bits per heavy atom. The first-order valence-electron chi connectivity index (χ1n) is 19.6. The zero-order chi connectivity index (χ0) is 40.6. The lowest BCUT2D eigenvalue weighted by Crippen LogP contribution is -2.75. The van der Waals surface area contributed by atoms with E-state index in [1.165, 1.54) is 0 Å². The maximum atomic E-state index is 12.8. The molecule has 4 saturated carbocycles. The molecule has 0 spiro atoms. The van der Waals surface area contributed by atoms with Crippen molar-refractivity contribution in [2.24, 2.45) is 46.3 Å². The number of aliphatic hydroxyl groups is 9. The number of hydrogen-bond acceptors (Lipinski definition) is 16. The Bertz CT molecular complexity index is 1480. The lowest BCUT2D eigenvalue weighted by molar-refractivity contribution is -0.321. The van der Waals surface area contributed by atoms with Crippen molar-refractivity contribution >= 4 is 10.4 Å². The summed E-state index contributed by atoms with van der Waals surface area (Å²) in [5.41, 5.74) is -3.09. The summed E-state index contributed by atoms with van der Waals surface area (Å²) in [7, 11) is -4.99. The van der Waals surface area contributed by atoms with Crippen LogP contribution in [0.15, 0.2) is 12.2 Å². The summed E-state index contributed by atoms with van der Waals surface area (Å²) in [6.45, 7) is 9.16. The molecule has 55 heavy (non-hydrogen) atoms. The van der Waals surface area contributed by atoms with Gasteiger partial charge >= 0.3 is 10.4 Å². The fraction of sp³-hybridized carbons (Fsp3) is 0.946. The van der Waals surface area contributed by atoms with Gasteiger partial charge in [-0.15, -0.1) is 0 Å². The van der Waals surface area contributed by atoms with Gasteiger partial charge in [0.25, 0.3) is 0 Å². The van der Waals surface area contributed by atoms with Crippen LogP contribution in [0.3, 0.4) is 0 Å². The number of fused-ring (bicyclic) bond motifs is 5. The molecule has 0 bridgehead atoms. The third kappa shape index (κ3) is 7.82. The SMILES string of the molecule is CC(C)[C@H](/C=C/[C@@H](C)[C@H]1C[C@@H](O)[C@@H]2[C@]1(C)CCC1[C@@]2(O)[C@H](O)[C@H](O)[C@H]2C[C@@H](OC3OCC(O)C(O)C3O)CC[C@]12C)OC1OCC(O)C(OS(=O)(=O)O)C1O. The normalized spacial score (nSPS) is 51.7. The standard InChI is InChI=1S/C37H62O17S/c1-16(2)24(53-34-29(44)30(23(40)15-51-34)54-55(47,48)49)7-6-17(3)19-13-21(38)31-36(19,5)11-9-25-35(4)10-8-18(12-20(35)26(41)32(45)37(25,31)46)52-33-28(43)27(42)22(39)14-50-33/h6-7,16-34,38-46H,8-15H2,1-5H3,(H,47,48,49)/b7-6+/t17-,18+,19-,20-,21-,22?,23?,24+,25?,26-,27?,28?,29?,30?,31-,32-,33?,34?,35+,36-,37+/m1/s1. The van der Waals surface area contributed by atoms with Crippen molar-refractivity contribution in [3.05, 3.63) is 12.2 Å². The predicted octanol–water partition coefficient (Wildman–Crippen LogP) is -1.00. The van der Waals surface area contributed by atoms with Crippen LogP contribution in [-0.2, 0) is 33.5 Å². The molecule has 6 fully saturated rings. The van der Waals surface area contributed by atoms with Gasteiger partial charge in [-0.05, 0) is 78.9 Å². The van der Waals surface area contributed by atoms with Crippen molar-refractivity contribution in [3.8, 4) is 0 Å². The average Bonchev–Trinajstić information content (AvgIpc) is 3.39. The molecule has 18 heteroatoms. The third-order valence-electron chi connectivity index (χ3n) is 14.5. The van der Waals surface area contributed by atoms with Crippen molar-refractivity contribution in [2.75, 3.05) is 13.2 Å². The third-order valence-corrected chi connectivity index (χ3v) is 14.9. The molecule has 0 aromatic carbocycles. The van der Waals surface area contributed by atoms with E-state index in [0.717, 1.165) is 0 Å². The van der Waals surface area contributed by atoms with Gasteiger partial charge in [0.05, 0.1) is 37.6 Å². The summed E-state index contributed by atoms with van der Waals surface area (Å²) in [4.78, 5) is 0. The van der Waals surface area contributed by atoms with E-state index in [2.05, 4.69) is 4.18 Å². The zero-order valence-electron chi connectivity index (χ0n) is 32.0. The molecule has 21 atom stereocenters. The average molecular weight is 811 g/mol. The second kappa shape index (κ2) is 15.9. The summed E-state index contributed by atoms with van der Waals surface area (Å²) in [6.07, 6.45) is -10.2. The van der Waals surface area contributed by atoms with Gasteiger partial charge in [-0.25, -0.2) is 4.18 Å². The van der Waals surface area contributed by atoms with Crippen LogP contribution in [0.1, 0.15) is 73.1 Å². The first-order chi connectivity index (χ1) is 25.5. The molecule has 0 radical (unpaired) electrons. The number of ether oxygens (including phenoxy) is 4. The molecule has 318 valence electrons. The first kappa shape index (κ1) is 43.7. The van der Waals surface area contributed by atoms with Crippen LogP contribution in [0.5, 0.6) is 0 Å². The molecule has 2 aliphatic heterocycles. The van der Waals surface area contributed by atoms with Crippen molar-refractivity contribution in [1.82, 2.24) is 0 Å². The van der Waals surface area contributed by atoms with Crippen molar-refractivity contribution in [2.45, 2.75) is 158 Å². The Morgan fingerprint density at radius 2 is 1.40 bits per heavy atom. The van der Waals surface area contributed by atoms with E-state index in [4.69, 9.17) is 23.5 Å². The van der Waals surface area contributed by atoms with Gasteiger partial charge in [0.2, 0.25) is 0 Å². The second-order valence-electron chi connectivity index (χ2n) is 18.0. The summed E-state index contributed by atoms with van der Waals surface area (Å²) >= 11 is 0. The van der Waals surface area contributed by atoms with E-state index < -0.39 is 131 Å². The molecule has 0 aromatic heterocycles. The van der Waals surface area contributed by atoms with Crippen molar-refractivity contribution < 1.29 is 82.1 Å². The molecular weight excluding hydrogens is 748 g/mol. The Kier molecular flexibility index (Phi) is 12.6. The minimum absolute atomic E-state index is 0.157. The van der Waals surface area contributed by atoms with E-state index in [1.807, 2.05) is 40.7 Å². The van der Waals surface area contributed by atoms with Gasteiger partial charge in [0.1, 0.15) is 48.3 Å². The fourth-order valence-corrected chi connectivity index (χ4v) is 12.1. The highest BCUT2D eigenvalue weighted by molar-refractivity contribution is 7.80. The van der Waals surface area contributed by atoms with Crippen molar-refractivity contribution in [1.29, 1.82) is 0 Å². The Hall–Kier alpha value is -0.910. The molecule has 0 aromatic rings. The molecule has 6 rings (SSSR count). The number of allylic oxidation sites excluding steroid dienone is 1. The summed E-state index contributed by atoms with van der Waals surface area (Å²) in [5, 5.41) is 99.5. The van der Waals surface area contributed by atoms with Crippen LogP contribution < -0.4 is 0 Å². The Labute approximate surface area is 322 Å². The molecule has 6 aliphatic rings. The van der Waals surface area contributed by atoms with E-state index in [0.29, 0.717) is 38.5 Å². The number of hydrogen-bond donors (Lipinski definition) is 10. The molecule has 4 aliphatic carbocycles. The smallest absolute Gasteiger partial charge is 0.393 e. The Balaban J connectivity index is 1.16. The molecular formula is C37H62O17S.